The van der Waals surface area contributed by atoms with E-state index in [9.17, 15) is 15.2 Å². The zero-order valence-corrected chi connectivity index (χ0v) is 11.4. The highest BCUT2D eigenvalue weighted by molar-refractivity contribution is 6.30. The largest absolute Gasteiger partial charge is 0.508 e. The molecule has 0 radical (unpaired) electrons. The summed E-state index contributed by atoms with van der Waals surface area (Å²) in [6, 6.07) is 7.63. The Morgan fingerprint density at radius 1 is 1.40 bits per heavy atom. The highest BCUT2D eigenvalue weighted by Gasteiger charge is 2.22. The number of anilines is 2. The van der Waals surface area contributed by atoms with Crippen LogP contribution in [0, 0.1) is 10.1 Å². The van der Waals surface area contributed by atoms with Crippen molar-refractivity contribution in [2.24, 2.45) is 0 Å². The lowest BCUT2D eigenvalue weighted by Crippen LogP contribution is -2.18. The third-order valence-electron chi connectivity index (χ3n) is 2.74. The van der Waals surface area contributed by atoms with Crippen LogP contribution in [0.25, 0.3) is 0 Å². The predicted octanol–water partition coefficient (Wildman–Crippen LogP) is 3.51. The lowest BCUT2D eigenvalue weighted by atomic mass is 10.2. The molecular weight excluding hydrogens is 282 g/mol. The Labute approximate surface area is 120 Å². The van der Waals surface area contributed by atoms with Crippen molar-refractivity contribution in [3.05, 3.63) is 51.7 Å². The first-order valence-electron chi connectivity index (χ1n) is 5.89. The summed E-state index contributed by atoms with van der Waals surface area (Å²) in [5, 5.41) is 20.6. The summed E-state index contributed by atoms with van der Waals surface area (Å²) in [6.45, 7) is 2.34. The van der Waals surface area contributed by atoms with Gasteiger partial charge in [0, 0.05) is 24.5 Å². The molecule has 1 heterocycles. The highest BCUT2D eigenvalue weighted by atomic mass is 35.5. The van der Waals surface area contributed by atoms with Gasteiger partial charge in [-0.05, 0) is 31.2 Å². The molecule has 2 rings (SSSR count). The molecule has 1 aromatic heterocycles. The fourth-order valence-electron chi connectivity index (χ4n) is 1.85. The predicted molar refractivity (Wildman–Crippen MR) is 76.7 cm³/mol. The van der Waals surface area contributed by atoms with Gasteiger partial charge in [0.15, 0.2) is 0 Å². The van der Waals surface area contributed by atoms with Crippen molar-refractivity contribution in [1.82, 2.24) is 4.98 Å². The average molecular weight is 294 g/mol. The summed E-state index contributed by atoms with van der Waals surface area (Å²) in [7, 11) is 0. The van der Waals surface area contributed by atoms with Crippen LogP contribution >= 0.6 is 11.6 Å². The van der Waals surface area contributed by atoms with Gasteiger partial charge < -0.3 is 10.0 Å². The van der Waals surface area contributed by atoms with Gasteiger partial charge in [-0.15, -0.1) is 0 Å². The van der Waals surface area contributed by atoms with Crippen LogP contribution in [0.5, 0.6) is 5.75 Å². The zero-order valence-electron chi connectivity index (χ0n) is 10.7. The first-order valence-corrected chi connectivity index (χ1v) is 6.27. The number of aromatic nitrogens is 1. The smallest absolute Gasteiger partial charge is 0.313 e. The third kappa shape index (κ3) is 2.80. The van der Waals surface area contributed by atoms with Crippen LogP contribution in [0.3, 0.4) is 0 Å². The maximum absolute atomic E-state index is 11.1. The topological polar surface area (TPSA) is 79.5 Å². The zero-order chi connectivity index (χ0) is 14.7. The molecule has 6 nitrogen and oxygen atoms in total. The van der Waals surface area contributed by atoms with Crippen LogP contribution in [0.2, 0.25) is 5.02 Å². The van der Waals surface area contributed by atoms with Crippen molar-refractivity contribution >= 4 is 28.8 Å². The average Bonchev–Trinajstić information content (AvgIpc) is 2.43. The van der Waals surface area contributed by atoms with Crippen molar-refractivity contribution < 1.29 is 10.0 Å². The molecule has 0 spiro atoms. The molecule has 0 aliphatic heterocycles. The quantitative estimate of drug-likeness (QED) is 0.689. The summed E-state index contributed by atoms with van der Waals surface area (Å²) in [6.07, 6.45) is 1.37. The van der Waals surface area contributed by atoms with Gasteiger partial charge >= 0.3 is 5.69 Å². The van der Waals surface area contributed by atoms with Gasteiger partial charge in [0.2, 0.25) is 5.82 Å². The van der Waals surface area contributed by atoms with E-state index in [-0.39, 0.29) is 22.3 Å². The Kier molecular flexibility index (Phi) is 4.05. The summed E-state index contributed by atoms with van der Waals surface area (Å²) >= 11 is 5.76. The van der Waals surface area contributed by atoms with Crippen molar-refractivity contribution in [1.29, 1.82) is 0 Å². The van der Waals surface area contributed by atoms with Crippen molar-refractivity contribution in [2.45, 2.75) is 6.92 Å². The summed E-state index contributed by atoms with van der Waals surface area (Å²) in [4.78, 5) is 16.3. The minimum absolute atomic E-state index is 0.128. The molecule has 0 aliphatic rings. The highest BCUT2D eigenvalue weighted by Crippen LogP contribution is 2.33. The van der Waals surface area contributed by atoms with E-state index in [1.54, 1.807) is 17.0 Å². The number of pyridine rings is 1. The normalized spacial score (nSPS) is 10.3. The second-order valence-electron chi connectivity index (χ2n) is 4.01. The van der Waals surface area contributed by atoms with Gasteiger partial charge in [-0.25, -0.2) is 4.98 Å². The molecule has 0 atom stereocenters. The van der Waals surface area contributed by atoms with E-state index in [1.807, 2.05) is 6.92 Å². The Morgan fingerprint density at radius 2 is 2.05 bits per heavy atom. The fraction of sp³-hybridized carbons (Fsp3) is 0.154. The number of phenols is 1. The number of halogens is 1. The summed E-state index contributed by atoms with van der Waals surface area (Å²) in [5.41, 5.74) is 0.538. The summed E-state index contributed by atoms with van der Waals surface area (Å²) in [5.74, 6) is 0.343. The van der Waals surface area contributed by atoms with Gasteiger partial charge in [0.05, 0.1) is 9.95 Å². The fourth-order valence-corrected chi connectivity index (χ4v) is 2.00. The van der Waals surface area contributed by atoms with Gasteiger partial charge in [0.1, 0.15) is 5.75 Å². The van der Waals surface area contributed by atoms with E-state index < -0.39 is 4.92 Å². The van der Waals surface area contributed by atoms with Gasteiger partial charge in [-0.2, -0.15) is 0 Å². The molecule has 20 heavy (non-hydrogen) atoms. The van der Waals surface area contributed by atoms with Gasteiger partial charge in [-0.1, -0.05) is 11.6 Å². The third-order valence-corrected chi connectivity index (χ3v) is 2.95. The Morgan fingerprint density at radius 3 is 2.60 bits per heavy atom. The Balaban J connectivity index is 2.51. The number of hydrogen-bond acceptors (Lipinski definition) is 5. The minimum Gasteiger partial charge on any atom is -0.508 e. The number of nitro groups is 1. The molecule has 0 fully saturated rings. The van der Waals surface area contributed by atoms with Crippen molar-refractivity contribution in [3.63, 3.8) is 0 Å². The van der Waals surface area contributed by atoms with Crippen LogP contribution in [0.4, 0.5) is 17.2 Å². The lowest BCUT2D eigenvalue weighted by molar-refractivity contribution is -0.384. The molecule has 1 aromatic carbocycles. The van der Waals surface area contributed by atoms with Crippen LogP contribution in [0.1, 0.15) is 6.92 Å². The molecule has 104 valence electrons. The molecule has 0 amide bonds. The monoisotopic (exact) mass is 293 g/mol. The van der Waals surface area contributed by atoms with E-state index in [0.29, 0.717) is 12.2 Å². The number of phenolic OH excluding ortho intramolecular Hbond substituents is 1. The van der Waals surface area contributed by atoms with Gasteiger partial charge in [0.25, 0.3) is 0 Å². The first-order chi connectivity index (χ1) is 9.52. The maximum Gasteiger partial charge on any atom is 0.313 e. The Hall–Kier alpha value is -2.34. The number of hydrogen-bond donors (Lipinski definition) is 1. The number of benzene rings is 1. The first kappa shape index (κ1) is 14.1. The van der Waals surface area contributed by atoms with E-state index in [2.05, 4.69) is 4.98 Å². The molecule has 0 aliphatic carbocycles. The second kappa shape index (κ2) is 5.75. The number of nitrogens with zero attached hydrogens (tertiary/aromatic N) is 3. The van der Waals surface area contributed by atoms with E-state index >= 15 is 0 Å². The van der Waals surface area contributed by atoms with Crippen molar-refractivity contribution in [3.8, 4) is 5.75 Å². The Bertz CT molecular complexity index is 631. The molecule has 0 saturated carbocycles. The lowest BCUT2D eigenvalue weighted by Gasteiger charge is -2.21. The van der Waals surface area contributed by atoms with E-state index in [0.717, 1.165) is 0 Å². The molecule has 0 saturated heterocycles. The molecule has 1 N–H and O–H groups in total. The standard InChI is InChI=1S/C13H12ClN3O3/c1-2-16(10-3-5-11(18)6-4-10)13-12(17(19)20)7-9(14)8-15-13/h3-8,18H,2H2,1H3. The number of rotatable bonds is 4. The van der Waals surface area contributed by atoms with Crippen LogP contribution in [0.15, 0.2) is 36.5 Å². The molecule has 2 aromatic rings. The maximum atomic E-state index is 11.1. The van der Waals surface area contributed by atoms with E-state index in [4.69, 9.17) is 11.6 Å². The van der Waals surface area contributed by atoms with Gasteiger partial charge in [-0.3, -0.25) is 10.1 Å². The van der Waals surface area contributed by atoms with Crippen LogP contribution < -0.4 is 4.90 Å². The SMILES string of the molecule is CCN(c1ccc(O)cc1)c1ncc(Cl)cc1[N+](=O)[O-]. The van der Waals surface area contributed by atoms with Crippen LogP contribution in [-0.2, 0) is 0 Å². The summed E-state index contributed by atoms with van der Waals surface area (Å²) < 4.78 is 0. The molecule has 0 unspecified atom stereocenters. The van der Waals surface area contributed by atoms with E-state index in [1.165, 1.54) is 24.4 Å². The molecule has 0 bridgehead atoms. The second-order valence-corrected chi connectivity index (χ2v) is 4.45. The number of aromatic hydroxyl groups is 1. The molecule has 7 heteroatoms. The minimum atomic E-state index is -0.517. The van der Waals surface area contributed by atoms with Crippen molar-refractivity contribution in [2.75, 3.05) is 11.4 Å². The van der Waals surface area contributed by atoms with Crippen LogP contribution in [-0.4, -0.2) is 21.6 Å². The molecular formula is C13H12ClN3O3.